The molecule has 1 aromatic heterocycles. The van der Waals surface area contributed by atoms with Gasteiger partial charge in [-0.25, -0.2) is 0 Å². The van der Waals surface area contributed by atoms with Gasteiger partial charge in [0.15, 0.2) is 0 Å². The highest BCUT2D eigenvalue weighted by Gasteiger charge is 2.07. The minimum Gasteiger partial charge on any atom is -0.465 e. The second kappa shape index (κ2) is 7.47. The monoisotopic (exact) mass is 225 g/mol. The van der Waals surface area contributed by atoms with Crippen molar-refractivity contribution in [3.05, 3.63) is 23.7 Å². The first-order chi connectivity index (χ1) is 7.76. The van der Waals surface area contributed by atoms with Crippen molar-refractivity contribution in [2.45, 2.75) is 39.7 Å². The Morgan fingerprint density at radius 2 is 2.19 bits per heavy atom. The molecule has 0 spiro atoms. The third kappa shape index (κ3) is 4.81. The molecule has 0 aliphatic heterocycles. The quantitative estimate of drug-likeness (QED) is 0.714. The molecule has 0 saturated carbocycles. The number of aliphatic hydroxyl groups is 1. The van der Waals surface area contributed by atoms with Crippen LogP contribution in [0.3, 0.4) is 0 Å². The van der Waals surface area contributed by atoms with Gasteiger partial charge in [0.2, 0.25) is 0 Å². The number of aliphatic hydroxyl groups excluding tert-OH is 1. The second-order valence-corrected chi connectivity index (χ2v) is 4.31. The van der Waals surface area contributed by atoms with Crippen LogP contribution in [0.2, 0.25) is 0 Å². The number of hydrogen-bond acceptors (Lipinski definition) is 3. The third-order valence-corrected chi connectivity index (χ3v) is 2.76. The summed E-state index contributed by atoms with van der Waals surface area (Å²) in [7, 11) is 0. The van der Waals surface area contributed by atoms with E-state index >= 15 is 0 Å². The number of furan rings is 1. The van der Waals surface area contributed by atoms with Crippen LogP contribution in [0.1, 0.15) is 37.7 Å². The number of nitrogens with one attached hydrogen (secondary N) is 1. The van der Waals surface area contributed by atoms with Gasteiger partial charge in [0.25, 0.3) is 0 Å². The van der Waals surface area contributed by atoms with Crippen molar-refractivity contribution in [2.75, 3.05) is 13.2 Å². The van der Waals surface area contributed by atoms with Gasteiger partial charge in [-0.1, -0.05) is 13.3 Å². The zero-order chi connectivity index (χ0) is 11.8. The largest absolute Gasteiger partial charge is 0.465 e. The Labute approximate surface area is 97.9 Å². The van der Waals surface area contributed by atoms with Crippen LogP contribution < -0.4 is 5.32 Å². The lowest BCUT2D eigenvalue weighted by Crippen LogP contribution is -2.23. The van der Waals surface area contributed by atoms with Crippen molar-refractivity contribution in [1.29, 1.82) is 0 Å². The van der Waals surface area contributed by atoms with E-state index in [1.54, 1.807) is 0 Å². The molecule has 0 aromatic carbocycles. The van der Waals surface area contributed by atoms with E-state index in [1.165, 1.54) is 12.8 Å². The molecule has 3 nitrogen and oxygen atoms in total. The van der Waals surface area contributed by atoms with Crippen LogP contribution in [0.25, 0.3) is 0 Å². The van der Waals surface area contributed by atoms with Gasteiger partial charge in [-0.3, -0.25) is 0 Å². The predicted molar refractivity (Wildman–Crippen MR) is 65.3 cm³/mol. The number of hydrogen-bond donors (Lipinski definition) is 2. The van der Waals surface area contributed by atoms with Gasteiger partial charge in [0.1, 0.15) is 11.5 Å². The highest BCUT2D eigenvalue weighted by Crippen LogP contribution is 2.10. The van der Waals surface area contributed by atoms with Crippen LogP contribution in [0.5, 0.6) is 0 Å². The van der Waals surface area contributed by atoms with Crippen molar-refractivity contribution < 1.29 is 9.52 Å². The summed E-state index contributed by atoms with van der Waals surface area (Å²) >= 11 is 0. The lowest BCUT2D eigenvalue weighted by atomic mass is 10.0. The molecule has 16 heavy (non-hydrogen) atoms. The molecule has 2 N–H and O–H groups in total. The molecular weight excluding hydrogens is 202 g/mol. The zero-order valence-corrected chi connectivity index (χ0v) is 10.3. The van der Waals surface area contributed by atoms with Crippen LogP contribution in [-0.2, 0) is 6.54 Å². The SMILES string of the molecule is CCCC(CCO)CNCc1ccc(C)o1. The van der Waals surface area contributed by atoms with Crippen LogP contribution in [0, 0.1) is 12.8 Å². The van der Waals surface area contributed by atoms with Crippen LogP contribution >= 0.6 is 0 Å². The summed E-state index contributed by atoms with van der Waals surface area (Å²) in [6.45, 7) is 6.15. The van der Waals surface area contributed by atoms with E-state index in [2.05, 4.69) is 12.2 Å². The molecule has 1 atom stereocenters. The molecule has 1 aromatic rings. The van der Waals surface area contributed by atoms with E-state index in [9.17, 15) is 0 Å². The van der Waals surface area contributed by atoms with Gasteiger partial charge in [0, 0.05) is 6.61 Å². The summed E-state index contributed by atoms with van der Waals surface area (Å²) in [6, 6.07) is 3.98. The predicted octanol–water partition coefficient (Wildman–Crippen LogP) is 2.48. The minimum absolute atomic E-state index is 0.284. The average molecular weight is 225 g/mol. The van der Waals surface area contributed by atoms with Gasteiger partial charge < -0.3 is 14.8 Å². The van der Waals surface area contributed by atoms with Gasteiger partial charge in [-0.15, -0.1) is 0 Å². The summed E-state index contributed by atoms with van der Waals surface area (Å²) in [4.78, 5) is 0. The zero-order valence-electron chi connectivity index (χ0n) is 10.3. The summed E-state index contributed by atoms with van der Waals surface area (Å²) < 4.78 is 5.47. The second-order valence-electron chi connectivity index (χ2n) is 4.31. The molecule has 0 radical (unpaired) electrons. The maximum absolute atomic E-state index is 8.94. The molecule has 0 saturated heterocycles. The first-order valence-electron chi connectivity index (χ1n) is 6.13. The fraction of sp³-hybridized carbons (Fsp3) is 0.692. The topological polar surface area (TPSA) is 45.4 Å². The van der Waals surface area contributed by atoms with E-state index in [0.29, 0.717) is 5.92 Å². The van der Waals surface area contributed by atoms with Gasteiger partial charge >= 0.3 is 0 Å². The first-order valence-corrected chi connectivity index (χ1v) is 6.13. The summed E-state index contributed by atoms with van der Waals surface area (Å²) in [5, 5.41) is 12.3. The highest BCUT2D eigenvalue weighted by molar-refractivity contribution is 5.05. The van der Waals surface area contributed by atoms with Crippen molar-refractivity contribution >= 4 is 0 Å². The number of rotatable bonds is 8. The Morgan fingerprint density at radius 3 is 2.75 bits per heavy atom. The third-order valence-electron chi connectivity index (χ3n) is 2.76. The van der Waals surface area contributed by atoms with Gasteiger partial charge in [-0.05, 0) is 44.4 Å². The molecule has 92 valence electrons. The Kier molecular flexibility index (Phi) is 6.19. The Morgan fingerprint density at radius 1 is 1.38 bits per heavy atom. The molecule has 0 fully saturated rings. The fourth-order valence-electron chi connectivity index (χ4n) is 1.92. The molecule has 0 aliphatic carbocycles. The fourth-order valence-corrected chi connectivity index (χ4v) is 1.92. The number of aryl methyl sites for hydroxylation is 1. The van der Waals surface area contributed by atoms with Crippen LogP contribution in [-0.4, -0.2) is 18.3 Å². The van der Waals surface area contributed by atoms with Crippen molar-refractivity contribution in [3.63, 3.8) is 0 Å². The van der Waals surface area contributed by atoms with E-state index in [1.807, 2.05) is 19.1 Å². The molecular formula is C13H23NO2. The molecule has 1 unspecified atom stereocenters. The molecule has 0 aliphatic rings. The smallest absolute Gasteiger partial charge is 0.117 e. The van der Waals surface area contributed by atoms with Gasteiger partial charge in [0.05, 0.1) is 6.54 Å². The molecule has 0 bridgehead atoms. The Bertz CT molecular complexity index is 277. The van der Waals surface area contributed by atoms with Crippen molar-refractivity contribution in [1.82, 2.24) is 5.32 Å². The molecule has 1 rings (SSSR count). The van der Waals surface area contributed by atoms with E-state index in [4.69, 9.17) is 9.52 Å². The summed E-state index contributed by atoms with van der Waals surface area (Å²) in [5.41, 5.74) is 0. The van der Waals surface area contributed by atoms with E-state index in [-0.39, 0.29) is 6.61 Å². The lowest BCUT2D eigenvalue weighted by molar-refractivity contribution is 0.247. The maximum Gasteiger partial charge on any atom is 0.117 e. The normalized spacial score (nSPS) is 12.9. The summed E-state index contributed by atoms with van der Waals surface area (Å²) in [6.07, 6.45) is 3.23. The van der Waals surface area contributed by atoms with Gasteiger partial charge in [-0.2, -0.15) is 0 Å². The molecule has 3 heteroatoms. The standard InChI is InChI=1S/C13H23NO2/c1-3-4-12(7-8-15)9-14-10-13-6-5-11(2)16-13/h5-6,12,14-15H,3-4,7-10H2,1-2H3. The highest BCUT2D eigenvalue weighted by atomic mass is 16.3. The van der Waals surface area contributed by atoms with Crippen LogP contribution in [0.15, 0.2) is 16.5 Å². The van der Waals surface area contributed by atoms with E-state index in [0.717, 1.165) is 31.0 Å². The average Bonchev–Trinajstić information content (AvgIpc) is 2.65. The maximum atomic E-state index is 8.94. The Balaban J connectivity index is 2.21. The minimum atomic E-state index is 0.284. The van der Waals surface area contributed by atoms with Crippen molar-refractivity contribution in [3.8, 4) is 0 Å². The lowest BCUT2D eigenvalue weighted by Gasteiger charge is -2.14. The van der Waals surface area contributed by atoms with Crippen LogP contribution in [0.4, 0.5) is 0 Å². The first kappa shape index (κ1) is 13.3. The molecule has 0 amide bonds. The van der Waals surface area contributed by atoms with E-state index < -0.39 is 0 Å². The van der Waals surface area contributed by atoms with Crippen molar-refractivity contribution in [2.24, 2.45) is 5.92 Å². The summed E-state index contributed by atoms with van der Waals surface area (Å²) in [5.74, 6) is 2.51. The Hall–Kier alpha value is -0.800. The molecule has 1 heterocycles.